The number of hydrogen-bond acceptors (Lipinski definition) is 5. The van der Waals surface area contributed by atoms with E-state index in [1.54, 1.807) is 0 Å². The summed E-state index contributed by atoms with van der Waals surface area (Å²) in [6.07, 6.45) is 1.95. The van der Waals surface area contributed by atoms with Crippen molar-refractivity contribution in [3.05, 3.63) is 36.2 Å². The van der Waals surface area contributed by atoms with Crippen molar-refractivity contribution in [3.63, 3.8) is 0 Å². The van der Waals surface area contributed by atoms with Crippen molar-refractivity contribution in [2.24, 2.45) is 0 Å². The van der Waals surface area contributed by atoms with Gasteiger partial charge in [0.05, 0.1) is 0 Å². The van der Waals surface area contributed by atoms with Crippen LogP contribution in [0.2, 0.25) is 0 Å². The summed E-state index contributed by atoms with van der Waals surface area (Å²) in [6.45, 7) is 0.510. The van der Waals surface area contributed by atoms with Gasteiger partial charge >= 0.3 is 0 Å². The maximum Gasteiger partial charge on any atom is 0.207 e. The van der Waals surface area contributed by atoms with Crippen LogP contribution in [0.15, 0.2) is 30.6 Å². The van der Waals surface area contributed by atoms with E-state index in [4.69, 9.17) is 0 Å². The lowest BCUT2D eigenvalue weighted by atomic mass is 10.1. The number of rotatable bonds is 4. The van der Waals surface area contributed by atoms with Crippen molar-refractivity contribution in [2.75, 3.05) is 0 Å². The number of carbonyl (C=O) groups is 1. The molecule has 1 amide bonds. The predicted octanol–water partition coefficient (Wildman–Crippen LogP) is 0.180. The zero-order valence-corrected chi connectivity index (χ0v) is 8.37. The van der Waals surface area contributed by atoms with Crippen LogP contribution in [0.4, 0.5) is 0 Å². The Bertz CT molecular complexity index is 456. The molecule has 1 aromatic carbocycles. The Hall–Kier alpha value is -2.37. The molecule has 16 heavy (non-hydrogen) atoms. The van der Waals surface area contributed by atoms with Gasteiger partial charge in [-0.25, -0.2) is 0 Å². The van der Waals surface area contributed by atoms with Gasteiger partial charge in [0.2, 0.25) is 12.2 Å². The molecule has 0 saturated heterocycles. The number of nitrogens with zero attached hydrogens (tertiary/aromatic N) is 4. The third kappa shape index (κ3) is 2.35. The van der Waals surface area contributed by atoms with Gasteiger partial charge in [0.15, 0.2) is 6.33 Å². The van der Waals surface area contributed by atoms with Crippen LogP contribution < -0.4 is 5.32 Å². The minimum atomic E-state index is 0.484. The first-order valence-corrected chi connectivity index (χ1v) is 4.67. The average Bonchev–Trinajstić information content (AvgIpc) is 2.38. The van der Waals surface area contributed by atoms with Gasteiger partial charge in [-0.3, -0.25) is 4.79 Å². The normalized spacial score (nSPS) is 9.75. The minimum Gasteiger partial charge on any atom is -0.355 e. The third-order valence-electron chi connectivity index (χ3n) is 2.01. The fourth-order valence-electron chi connectivity index (χ4n) is 1.25. The number of hydrogen-bond donors (Lipinski definition) is 1. The standard InChI is InChI=1S/C10H9N5O/c16-7-11-5-8-1-3-9(4-2-8)10-14-12-6-13-15-10/h1-4,6-7H,5H2,(H,11,16). The quantitative estimate of drug-likeness (QED) is 0.736. The molecule has 1 heterocycles. The molecule has 80 valence electrons. The molecule has 6 nitrogen and oxygen atoms in total. The molecule has 0 fully saturated rings. The van der Waals surface area contributed by atoms with Crippen molar-refractivity contribution in [3.8, 4) is 11.4 Å². The second-order valence-corrected chi connectivity index (χ2v) is 3.07. The zero-order valence-electron chi connectivity index (χ0n) is 8.37. The molecule has 0 radical (unpaired) electrons. The largest absolute Gasteiger partial charge is 0.355 e. The highest BCUT2D eigenvalue weighted by atomic mass is 16.1. The summed E-state index contributed by atoms with van der Waals surface area (Å²) in [5.74, 6) is 0.484. The lowest BCUT2D eigenvalue weighted by molar-refractivity contribution is -0.109. The molecule has 0 unspecified atom stereocenters. The summed E-state index contributed by atoms with van der Waals surface area (Å²) >= 11 is 0. The van der Waals surface area contributed by atoms with E-state index in [1.165, 1.54) is 6.33 Å². The molecule has 0 atom stereocenters. The van der Waals surface area contributed by atoms with E-state index in [1.807, 2.05) is 24.3 Å². The molecular weight excluding hydrogens is 206 g/mol. The van der Waals surface area contributed by atoms with Gasteiger partial charge in [0.25, 0.3) is 0 Å². The molecule has 2 aromatic rings. The molecular formula is C10H9N5O. The van der Waals surface area contributed by atoms with E-state index >= 15 is 0 Å². The summed E-state index contributed by atoms with van der Waals surface area (Å²) in [4.78, 5) is 10.1. The Kier molecular flexibility index (Phi) is 3.12. The SMILES string of the molecule is O=CNCc1ccc(-c2nncnn2)cc1. The molecule has 0 saturated carbocycles. The minimum absolute atomic E-state index is 0.484. The molecule has 0 aliphatic carbocycles. The van der Waals surface area contributed by atoms with Crippen LogP contribution in [-0.4, -0.2) is 26.8 Å². The van der Waals surface area contributed by atoms with Gasteiger partial charge in [-0.15, -0.1) is 20.4 Å². The fraction of sp³-hybridized carbons (Fsp3) is 0.100. The van der Waals surface area contributed by atoms with E-state index in [-0.39, 0.29) is 0 Å². The van der Waals surface area contributed by atoms with Crippen LogP contribution >= 0.6 is 0 Å². The van der Waals surface area contributed by atoms with Crippen LogP contribution in [0.1, 0.15) is 5.56 Å². The molecule has 2 rings (SSSR count). The number of aromatic nitrogens is 4. The Morgan fingerprint density at radius 1 is 1.12 bits per heavy atom. The first-order valence-electron chi connectivity index (χ1n) is 4.67. The predicted molar refractivity (Wildman–Crippen MR) is 56.0 cm³/mol. The number of carbonyl (C=O) groups excluding carboxylic acids is 1. The molecule has 1 aromatic heterocycles. The Labute approximate surface area is 91.7 Å². The molecule has 0 spiro atoms. The van der Waals surface area contributed by atoms with Crippen molar-refractivity contribution in [1.82, 2.24) is 25.7 Å². The number of benzene rings is 1. The van der Waals surface area contributed by atoms with Crippen molar-refractivity contribution >= 4 is 6.41 Å². The second-order valence-electron chi connectivity index (χ2n) is 3.07. The van der Waals surface area contributed by atoms with Crippen LogP contribution in [-0.2, 0) is 11.3 Å². The van der Waals surface area contributed by atoms with E-state index in [0.29, 0.717) is 18.8 Å². The molecule has 6 heteroatoms. The number of nitrogens with one attached hydrogen (secondary N) is 1. The Morgan fingerprint density at radius 2 is 1.81 bits per heavy atom. The number of amides is 1. The van der Waals surface area contributed by atoms with Crippen LogP contribution in [0.5, 0.6) is 0 Å². The van der Waals surface area contributed by atoms with Crippen molar-refractivity contribution < 1.29 is 4.79 Å². The van der Waals surface area contributed by atoms with Gasteiger partial charge in [-0.1, -0.05) is 24.3 Å². The summed E-state index contributed by atoms with van der Waals surface area (Å²) < 4.78 is 0. The molecule has 0 aliphatic rings. The highest BCUT2D eigenvalue weighted by Gasteiger charge is 2.00. The van der Waals surface area contributed by atoms with E-state index in [9.17, 15) is 4.79 Å². The first-order chi connectivity index (χ1) is 7.90. The molecule has 0 aliphatic heterocycles. The fourth-order valence-corrected chi connectivity index (χ4v) is 1.25. The Balaban J connectivity index is 2.16. The van der Waals surface area contributed by atoms with Crippen LogP contribution in [0.3, 0.4) is 0 Å². The second kappa shape index (κ2) is 4.92. The topological polar surface area (TPSA) is 80.7 Å². The van der Waals surface area contributed by atoms with Crippen LogP contribution in [0.25, 0.3) is 11.4 Å². The maximum absolute atomic E-state index is 10.1. The van der Waals surface area contributed by atoms with Gasteiger partial charge in [-0.05, 0) is 5.56 Å². The highest BCUT2D eigenvalue weighted by Crippen LogP contribution is 2.13. The Morgan fingerprint density at radius 3 is 2.44 bits per heavy atom. The van der Waals surface area contributed by atoms with Crippen molar-refractivity contribution in [1.29, 1.82) is 0 Å². The van der Waals surface area contributed by atoms with E-state index in [2.05, 4.69) is 25.7 Å². The van der Waals surface area contributed by atoms with Crippen LogP contribution in [0, 0.1) is 0 Å². The first kappa shape index (κ1) is 10.2. The lowest BCUT2D eigenvalue weighted by Gasteiger charge is -2.01. The monoisotopic (exact) mass is 215 g/mol. The lowest BCUT2D eigenvalue weighted by Crippen LogP contribution is -2.09. The summed E-state index contributed by atoms with van der Waals surface area (Å²) in [6, 6.07) is 7.51. The van der Waals surface area contributed by atoms with Crippen molar-refractivity contribution in [2.45, 2.75) is 6.54 Å². The summed E-state index contributed by atoms with van der Waals surface area (Å²) in [5.41, 5.74) is 1.85. The average molecular weight is 215 g/mol. The van der Waals surface area contributed by atoms with Gasteiger partial charge < -0.3 is 5.32 Å². The van der Waals surface area contributed by atoms with E-state index in [0.717, 1.165) is 11.1 Å². The zero-order chi connectivity index (χ0) is 11.2. The van der Waals surface area contributed by atoms with Gasteiger partial charge in [0.1, 0.15) is 0 Å². The van der Waals surface area contributed by atoms with Gasteiger partial charge in [-0.2, -0.15) is 0 Å². The third-order valence-corrected chi connectivity index (χ3v) is 2.01. The van der Waals surface area contributed by atoms with Gasteiger partial charge in [0, 0.05) is 12.1 Å². The summed E-state index contributed by atoms with van der Waals surface area (Å²) in [5, 5.41) is 17.6. The molecule has 0 bridgehead atoms. The highest BCUT2D eigenvalue weighted by molar-refractivity contribution is 5.54. The maximum atomic E-state index is 10.1. The summed E-state index contributed by atoms with van der Waals surface area (Å²) in [7, 11) is 0. The molecule has 1 N–H and O–H groups in total. The van der Waals surface area contributed by atoms with E-state index < -0.39 is 0 Å². The smallest absolute Gasteiger partial charge is 0.207 e.